The standard InChI is InChI=1S/C11H13BrN2O3S2/c1-6-5-13-11(17-6)7(2)14-19(15,16)9-4-10(12)18-8(9)3/h4-5,7,14H,1-3H3. The van der Waals surface area contributed by atoms with Gasteiger partial charge in [-0.3, -0.25) is 0 Å². The van der Waals surface area contributed by atoms with Crippen molar-refractivity contribution in [3.8, 4) is 0 Å². The number of hydrogen-bond donors (Lipinski definition) is 1. The zero-order valence-corrected chi connectivity index (χ0v) is 13.8. The molecule has 0 fully saturated rings. The zero-order chi connectivity index (χ0) is 14.2. The second-order valence-electron chi connectivity index (χ2n) is 4.12. The number of thiophene rings is 1. The number of oxazole rings is 1. The third-order valence-corrected chi connectivity index (χ3v) is 5.82. The largest absolute Gasteiger partial charge is 0.444 e. The number of aryl methyl sites for hydroxylation is 2. The number of sulfonamides is 1. The molecule has 19 heavy (non-hydrogen) atoms. The molecule has 0 radical (unpaired) electrons. The summed E-state index contributed by atoms with van der Waals surface area (Å²) in [5.74, 6) is 1.00. The second kappa shape index (κ2) is 5.35. The molecule has 2 heterocycles. The van der Waals surface area contributed by atoms with E-state index in [1.807, 2.05) is 0 Å². The molecule has 0 aliphatic heterocycles. The van der Waals surface area contributed by atoms with Gasteiger partial charge in [0.05, 0.1) is 20.9 Å². The average Bonchev–Trinajstić information content (AvgIpc) is 2.84. The Morgan fingerprint density at radius 2 is 2.16 bits per heavy atom. The van der Waals surface area contributed by atoms with Gasteiger partial charge in [-0.1, -0.05) is 0 Å². The summed E-state index contributed by atoms with van der Waals surface area (Å²) in [5, 5.41) is 0. The minimum atomic E-state index is -3.58. The highest BCUT2D eigenvalue weighted by atomic mass is 79.9. The minimum absolute atomic E-state index is 0.277. The summed E-state index contributed by atoms with van der Waals surface area (Å²) < 4.78 is 33.2. The van der Waals surface area contributed by atoms with E-state index in [9.17, 15) is 8.42 Å². The van der Waals surface area contributed by atoms with Crippen LogP contribution in [0.15, 0.2) is 25.4 Å². The van der Waals surface area contributed by atoms with Gasteiger partial charge >= 0.3 is 0 Å². The maximum atomic E-state index is 12.3. The Bertz CT molecular complexity index is 691. The Labute approximate surface area is 124 Å². The van der Waals surface area contributed by atoms with Gasteiger partial charge in [-0.2, -0.15) is 4.72 Å². The van der Waals surface area contributed by atoms with E-state index in [4.69, 9.17) is 4.42 Å². The van der Waals surface area contributed by atoms with Crippen LogP contribution in [0.1, 0.15) is 29.5 Å². The Morgan fingerprint density at radius 3 is 2.63 bits per heavy atom. The molecule has 104 valence electrons. The van der Waals surface area contributed by atoms with Gasteiger partial charge in [0.15, 0.2) is 0 Å². The summed E-state index contributed by atoms with van der Waals surface area (Å²) in [6.07, 6.45) is 1.56. The summed E-state index contributed by atoms with van der Waals surface area (Å²) >= 11 is 4.67. The van der Waals surface area contributed by atoms with Crippen LogP contribution in [-0.4, -0.2) is 13.4 Å². The normalized spacial score (nSPS) is 13.7. The van der Waals surface area contributed by atoms with Crippen LogP contribution in [0.25, 0.3) is 0 Å². The van der Waals surface area contributed by atoms with Crippen LogP contribution in [0, 0.1) is 13.8 Å². The fourth-order valence-corrected chi connectivity index (χ4v) is 5.23. The first-order chi connectivity index (χ1) is 8.79. The van der Waals surface area contributed by atoms with Crippen molar-refractivity contribution in [2.75, 3.05) is 0 Å². The first-order valence-electron chi connectivity index (χ1n) is 5.50. The van der Waals surface area contributed by atoms with Gasteiger partial charge in [-0.25, -0.2) is 13.4 Å². The molecule has 0 aliphatic rings. The first kappa shape index (κ1) is 14.7. The van der Waals surface area contributed by atoms with Gasteiger partial charge in [-0.05, 0) is 42.8 Å². The number of nitrogens with one attached hydrogen (secondary N) is 1. The fourth-order valence-electron chi connectivity index (χ4n) is 1.62. The maximum absolute atomic E-state index is 12.3. The van der Waals surface area contributed by atoms with E-state index < -0.39 is 16.1 Å². The number of rotatable bonds is 4. The third kappa shape index (κ3) is 3.25. The smallest absolute Gasteiger partial charge is 0.242 e. The van der Waals surface area contributed by atoms with E-state index >= 15 is 0 Å². The van der Waals surface area contributed by atoms with E-state index in [0.29, 0.717) is 11.7 Å². The highest BCUT2D eigenvalue weighted by Gasteiger charge is 2.24. The SMILES string of the molecule is Cc1cnc(C(C)NS(=O)(=O)c2cc(Br)sc2C)o1. The topological polar surface area (TPSA) is 72.2 Å². The second-order valence-corrected chi connectivity index (χ2v) is 8.44. The molecule has 0 amide bonds. The first-order valence-corrected chi connectivity index (χ1v) is 8.59. The Hall–Kier alpha value is -0.700. The van der Waals surface area contributed by atoms with Gasteiger partial charge in [0.25, 0.3) is 0 Å². The van der Waals surface area contributed by atoms with Gasteiger partial charge in [0, 0.05) is 4.88 Å². The monoisotopic (exact) mass is 364 g/mol. The number of hydrogen-bond acceptors (Lipinski definition) is 5. The summed E-state index contributed by atoms with van der Waals surface area (Å²) in [5.41, 5.74) is 0. The average molecular weight is 365 g/mol. The molecular formula is C11H13BrN2O3S2. The van der Waals surface area contributed by atoms with E-state index in [1.54, 1.807) is 33.0 Å². The van der Waals surface area contributed by atoms with Crippen LogP contribution in [0.3, 0.4) is 0 Å². The van der Waals surface area contributed by atoms with Gasteiger partial charge < -0.3 is 4.42 Å². The van der Waals surface area contributed by atoms with Crippen molar-refractivity contribution in [1.82, 2.24) is 9.71 Å². The summed E-state index contributed by atoms with van der Waals surface area (Å²) in [6, 6.07) is 1.08. The lowest BCUT2D eigenvalue weighted by atomic mass is 10.4. The van der Waals surface area contributed by atoms with Crippen LogP contribution in [-0.2, 0) is 10.0 Å². The molecule has 0 spiro atoms. The van der Waals surface area contributed by atoms with Gasteiger partial charge in [0.2, 0.25) is 15.9 Å². The third-order valence-electron chi connectivity index (χ3n) is 2.47. The molecule has 2 aromatic rings. The molecule has 2 aromatic heterocycles. The number of halogens is 1. The van der Waals surface area contributed by atoms with Crippen molar-refractivity contribution in [2.45, 2.75) is 31.7 Å². The lowest BCUT2D eigenvalue weighted by Gasteiger charge is -2.10. The van der Waals surface area contributed by atoms with E-state index in [2.05, 4.69) is 25.6 Å². The zero-order valence-electron chi connectivity index (χ0n) is 10.6. The van der Waals surface area contributed by atoms with Crippen LogP contribution in [0.2, 0.25) is 0 Å². The molecule has 8 heteroatoms. The van der Waals surface area contributed by atoms with Crippen molar-refractivity contribution in [3.63, 3.8) is 0 Å². The van der Waals surface area contributed by atoms with Crippen LogP contribution >= 0.6 is 27.3 Å². The van der Waals surface area contributed by atoms with Crippen LogP contribution in [0.5, 0.6) is 0 Å². The van der Waals surface area contributed by atoms with Crippen LogP contribution < -0.4 is 4.72 Å². The Kier molecular flexibility index (Phi) is 4.14. The molecule has 1 unspecified atom stereocenters. The molecule has 0 saturated carbocycles. The van der Waals surface area contributed by atoms with Crippen molar-refractivity contribution >= 4 is 37.3 Å². The minimum Gasteiger partial charge on any atom is -0.444 e. The lowest BCUT2D eigenvalue weighted by molar-refractivity contribution is 0.428. The number of aromatic nitrogens is 1. The molecule has 1 N–H and O–H groups in total. The molecule has 0 saturated heterocycles. The van der Waals surface area contributed by atoms with Crippen molar-refractivity contribution in [3.05, 3.63) is 32.6 Å². The molecular weight excluding hydrogens is 352 g/mol. The summed E-state index contributed by atoms with van der Waals surface area (Å²) in [4.78, 5) is 5.03. The van der Waals surface area contributed by atoms with E-state index in [0.717, 1.165) is 8.66 Å². The Balaban J connectivity index is 2.24. The maximum Gasteiger partial charge on any atom is 0.242 e. The molecule has 0 aromatic carbocycles. The molecule has 0 bridgehead atoms. The molecule has 0 aliphatic carbocycles. The summed E-state index contributed by atoms with van der Waals surface area (Å²) in [6.45, 7) is 5.22. The fraction of sp³-hybridized carbons (Fsp3) is 0.364. The molecule has 2 rings (SSSR count). The van der Waals surface area contributed by atoms with E-state index in [1.165, 1.54) is 11.3 Å². The van der Waals surface area contributed by atoms with Crippen molar-refractivity contribution < 1.29 is 12.8 Å². The lowest BCUT2D eigenvalue weighted by Crippen LogP contribution is -2.27. The quantitative estimate of drug-likeness (QED) is 0.904. The molecule has 1 atom stereocenters. The highest BCUT2D eigenvalue weighted by molar-refractivity contribution is 9.11. The molecule has 5 nitrogen and oxygen atoms in total. The predicted octanol–water partition coefficient (Wildman–Crippen LogP) is 3.15. The van der Waals surface area contributed by atoms with Crippen molar-refractivity contribution in [1.29, 1.82) is 0 Å². The highest BCUT2D eigenvalue weighted by Crippen LogP contribution is 2.30. The Morgan fingerprint density at radius 1 is 1.47 bits per heavy atom. The van der Waals surface area contributed by atoms with Crippen molar-refractivity contribution in [2.24, 2.45) is 0 Å². The van der Waals surface area contributed by atoms with Gasteiger partial charge in [0.1, 0.15) is 5.76 Å². The summed E-state index contributed by atoms with van der Waals surface area (Å²) in [7, 11) is -3.58. The van der Waals surface area contributed by atoms with Gasteiger partial charge in [-0.15, -0.1) is 11.3 Å². The van der Waals surface area contributed by atoms with E-state index in [-0.39, 0.29) is 4.90 Å². The predicted molar refractivity (Wildman–Crippen MR) is 76.7 cm³/mol. The van der Waals surface area contributed by atoms with Crippen LogP contribution in [0.4, 0.5) is 0 Å². The number of nitrogens with zero attached hydrogens (tertiary/aromatic N) is 1.